The lowest BCUT2D eigenvalue weighted by atomic mass is 10.1. The van der Waals surface area contributed by atoms with Gasteiger partial charge in [-0.2, -0.15) is 26.3 Å². The van der Waals surface area contributed by atoms with E-state index < -0.39 is 28.1 Å². The van der Waals surface area contributed by atoms with E-state index in [9.17, 15) is 34.8 Å². The monoisotopic (exact) mass is 539 g/mol. The predicted octanol–water partition coefficient (Wildman–Crippen LogP) is 5.87. The molecule has 0 N–H and O–H groups in total. The number of fused-ring (bicyclic) bond motifs is 1. The summed E-state index contributed by atoms with van der Waals surface area (Å²) in [6.45, 7) is 3.36. The van der Waals surface area contributed by atoms with Gasteiger partial charge >= 0.3 is 11.7 Å². The summed E-state index contributed by atoms with van der Waals surface area (Å²) >= 11 is -0.342. The van der Waals surface area contributed by atoms with E-state index in [4.69, 9.17) is 4.42 Å². The number of oxime groups is 1. The fraction of sp³-hybridized carbons (Fsp3) is 0.250. The molecule has 0 saturated heterocycles. The molecule has 0 unspecified atom stereocenters. The lowest BCUT2D eigenvalue weighted by Crippen LogP contribution is -2.14. The van der Waals surface area contributed by atoms with Gasteiger partial charge in [-0.05, 0) is 41.6 Å². The Morgan fingerprint density at radius 2 is 1.94 bits per heavy atom. The maximum atomic E-state index is 12.7. The van der Waals surface area contributed by atoms with E-state index in [1.807, 2.05) is 0 Å². The quantitative estimate of drug-likeness (QED) is 0.153. The Balaban J connectivity index is 1.98. The highest BCUT2D eigenvalue weighted by Gasteiger charge is 2.30. The van der Waals surface area contributed by atoms with Crippen LogP contribution in [0.25, 0.3) is 28.3 Å². The summed E-state index contributed by atoms with van der Waals surface area (Å²) in [7, 11) is -3.93. The topological polar surface area (TPSA) is 94.7 Å². The van der Waals surface area contributed by atoms with Gasteiger partial charge in [-0.25, -0.2) is 18.4 Å². The molecular weight excluding hydrogens is 524 g/mol. The first-order valence-corrected chi connectivity index (χ1v) is 12.0. The molecule has 35 heavy (non-hydrogen) atoms. The largest absolute Gasteiger partial charge is 0.446 e. The normalized spacial score (nSPS) is 13.0. The highest BCUT2D eigenvalue weighted by atomic mass is 32.2. The van der Waals surface area contributed by atoms with Crippen molar-refractivity contribution in [3.05, 3.63) is 42.6 Å². The van der Waals surface area contributed by atoms with Gasteiger partial charge in [0.1, 0.15) is 11.2 Å². The van der Waals surface area contributed by atoms with Gasteiger partial charge in [0.2, 0.25) is 12.5 Å². The molecule has 3 rings (SSSR count). The summed E-state index contributed by atoms with van der Waals surface area (Å²) in [5.41, 5.74) is -4.43. The maximum Gasteiger partial charge on any atom is 0.446 e. The Morgan fingerprint density at radius 3 is 2.57 bits per heavy atom. The lowest BCUT2D eigenvalue weighted by molar-refractivity contribution is -0.173. The number of oxazole rings is 1. The Labute approximate surface area is 198 Å². The van der Waals surface area contributed by atoms with Crippen molar-refractivity contribution in [1.29, 1.82) is 0 Å². The second-order valence-electron chi connectivity index (χ2n) is 6.82. The van der Waals surface area contributed by atoms with Gasteiger partial charge in [-0.3, -0.25) is 0 Å². The second-order valence-corrected chi connectivity index (χ2v) is 10.2. The van der Waals surface area contributed by atoms with Crippen molar-refractivity contribution < 1.29 is 44.0 Å². The number of benzene rings is 1. The standard InChI is InChI=1S/C20H15F6N3O4S2/c1-3-35(30,31)16-6-12(11(2)8-28-32-10-19(21,22)23)9-27-17(16)18-29-14-7-13(34-20(24,25)26)4-5-15(14)33-18/h4-9H,2-3,10H2,1H3/b28-8+. The Bertz CT molecular complexity index is 1380. The van der Waals surface area contributed by atoms with Crippen molar-refractivity contribution in [2.75, 3.05) is 12.4 Å². The van der Waals surface area contributed by atoms with Crippen molar-refractivity contribution in [3.8, 4) is 11.6 Å². The van der Waals surface area contributed by atoms with Gasteiger partial charge in [0.15, 0.2) is 15.4 Å². The number of allylic oxidation sites excluding steroid dienone is 1. The highest BCUT2D eigenvalue weighted by Crippen LogP contribution is 2.38. The van der Waals surface area contributed by atoms with E-state index in [0.717, 1.165) is 12.3 Å². The molecule has 0 spiro atoms. The average molecular weight is 539 g/mol. The zero-order valence-electron chi connectivity index (χ0n) is 17.6. The molecule has 1 aromatic carbocycles. The van der Waals surface area contributed by atoms with Gasteiger partial charge in [0.05, 0.1) is 16.9 Å². The summed E-state index contributed by atoms with van der Waals surface area (Å²) < 4.78 is 105. The van der Waals surface area contributed by atoms with E-state index in [-0.39, 0.29) is 61.1 Å². The molecule has 0 aliphatic carbocycles. The van der Waals surface area contributed by atoms with E-state index in [2.05, 4.69) is 26.5 Å². The molecule has 7 nitrogen and oxygen atoms in total. The van der Waals surface area contributed by atoms with Gasteiger partial charge < -0.3 is 9.25 Å². The third-order valence-corrected chi connectivity index (χ3v) is 6.71. The number of aromatic nitrogens is 2. The highest BCUT2D eigenvalue weighted by molar-refractivity contribution is 8.00. The Hall–Kier alpha value is -3.07. The molecule has 15 heteroatoms. The van der Waals surface area contributed by atoms with Gasteiger partial charge in [-0.15, -0.1) is 0 Å². The van der Waals surface area contributed by atoms with E-state index in [1.165, 1.54) is 31.3 Å². The van der Waals surface area contributed by atoms with Crippen molar-refractivity contribution in [2.45, 2.75) is 28.4 Å². The second kappa shape index (κ2) is 9.89. The number of halogens is 6. The van der Waals surface area contributed by atoms with Crippen LogP contribution in [0.4, 0.5) is 26.3 Å². The third kappa shape index (κ3) is 6.97. The van der Waals surface area contributed by atoms with Crippen molar-refractivity contribution >= 4 is 44.5 Å². The predicted molar refractivity (Wildman–Crippen MR) is 116 cm³/mol. The maximum absolute atomic E-state index is 12.7. The summed E-state index contributed by atoms with van der Waals surface area (Å²) in [5.74, 6) is -0.590. The Kier molecular flexibility index (Phi) is 7.50. The van der Waals surface area contributed by atoms with Crippen molar-refractivity contribution in [1.82, 2.24) is 9.97 Å². The van der Waals surface area contributed by atoms with Crippen LogP contribution in [0.15, 0.2) is 56.4 Å². The van der Waals surface area contributed by atoms with Crippen LogP contribution in [-0.2, 0) is 14.7 Å². The molecular formula is C20H15F6N3O4S2. The molecule has 3 aromatic rings. The minimum absolute atomic E-state index is 0.00478. The molecule has 0 radical (unpaired) electrons. The smallest absolute Gasteiger partial charge is 0.435 e. The summed E-state index contributed by atoms with van der Waals surface area (Å²) in [6.07, 6.45) is -2.55. The Morgan fingerprint density at radius 1 is 1.23 bits per heavy atom. The fourth-order valence-corrected chi connectivity index (χ4v) is 4.29. The van der Waals surface area contributed by atoms with Gasteiger partial charge in [-0.1, -0.05) is 18.7 Å². The molecule has 0 bridgehead atoms. The van der Waals surface area contributed by atoms with Gasteiger partial charge in [0.25, 0.3) is 0 Å². The van der Waals surface area contributed by atoms with Crippen LogP contribution < -0.4 is 0 Å². The molecule has 0 amide bonds. The van der Waals surface area contributed by atoms with Crippen LogP contribution in [-0.4, -0.2) is 48.6 Å². The number of sulfone groups is 1. The minimum Gasteiger partial charge on any atom is -0.435 e. The number of thioether (sulfide) groups is 1. The van der Waals surface area contributed by atoms with Crippen LogP contribution in [0.1, 0.15) is 12.5 Å². The number of alkyl halides is 6. The number of rotatable bonds is 8. The summed E-state index contributed by atoms with van der Waals surface area (Å²) in [5, 5.41) is 3.15. The van der Waals surface area contributed by atoms with Crippen LogP contribution in [0.5, 0.6) is 0 Å². The average Bonchev–Trinajstić information content (AvgIpc) is 3.17. The summed E-state index contributed by atoms with van der Waals surface area (Å²) in [6, 6.07) is 4.75. The fourth-order valence-electron chi connectivity index (χ4n) is 2.66. The van der Waals surface area contributed by atoms with Crippen LogP contribution >= 0.6 is 11.8 Å². The minimum atomic E-state index is -4.59. The van der Waals surface area contributed by atoms with Crippen LogP contribution in [0, 0.1) is 0 Å². The van der Waals surface area contributed by atoms with Gasteiger partial charge in [0, 0.05) is 16.7 Å². The number of pyridine rings is 1. The number of hydrogen-bond donors (Lipinski definition) is 0. The SMILES string of the molecule is C=C(/C=N/OCC(F)(F)F)c1cnc(-c2nc3cc(SC(F)(F)F)ccc3o2)c(S(=O)(=O)CC)c1. The molecule has 0 atom stereocenters. The molecule has 0 fully saturated rings. The van der Waals surface area contributed by atoms with Crippen molar-refractivity contribution in [3.63, 3.8) is 0 Å². The molecule has 188 valence electrons. The van der Waals surface area contributed by atoms with E-state index in [0.29, 0.717) is 0 Å². The first-order chi connectivity index (χ1) is 16.2. The summed E-state index contributed by atoms with van der Waals surface area (Å²) in [4.78, 5) is 11.8. The van der Waals surface area contributed by atoms with Crippen molar-refractivity contribution in [2.24, 2.45) is 5.16 Å². The zero-order chi connectivity index (χ0) is 26.0. The third-order valence-electron chi connectivity index (χ3n) is 4.25. The lowest BCUT2D eigenvalue weighted by Gasteiger charge is -2.09. The molecule has 0 saturated carbocycles. The zero-order valence-corrected chi connectivity index (χ0v) is 19.3. The molecule has 2 heterocycles. The number of hydrogen-bond acceptors (Lipinski definition) is 8. The van der Waals surface area contributed by atoms with E-state index in [1.54, 1.807) is 0 Å². The van der Waals surface area contributed by atoms with E-state index >= 15 is 0 Å². The van der Waals surface area contributed by atoms with Crippen LogP contribution in [0.2, 0.25) is 0 Å². The number of nitrogens with zero attached hydrogens (tertiary/aromatic N) is 3. The molecule has 0 aliphatic rings. The first kappa shape index (κ1) is 26.5. The van der Waals surface area contributed by atoms with Crippen LogP contribution in [0.3, 0.4) is 0 Å². The molecule has 0 aliphatic heterocycles. The molecule has 2 aromatic heterocycles. The first-order valence-electron chi connectivity index (χ1n) is 9.49.